The molecular weight excluding hydrogens is 406 g/mol. The van der Waals surface area contributed by atoms with Crippen LogP contribution in [0, 0.1) is 0 Å². The largest absolute Gasteiger partial charge is 0.480 e. The predicted octanol–water partition coefficient (Wildman–Crippen LogP) is 3.52. The van der Waals surface area contributed by atoms with E-state index >= 15 is 0 Å². The number of nitrogens with zero attached hydrogens (tertiary/aromatic N) is 1. The summed E-state index contributed by atoms with van der Waals surface area (Å²) in [4.78, 5) is 25.8. The van der Waals surface area contributed by atoms with Gasteiger partial charge in [-0.1, -0.05) is 54.6 Å². The fourth-order valence-electron chi connectivity index (χ4n) is 3.98. The predicted molar refractivity (Wildman–Crippen MR) is 121 cm³/mol. The van der Waals surface area contributed by atoms with Gasteiger partial charge in [0.05, 0.1) is 5.70 Å². The molecule has 1 aliphatic heterocycles. The average molecular weight is 427 g/mol. The van der Waals surface area contributed by atoms with Crippen LogP contribution in [0.5, 0.6) is 0 Å². The van der Waals surface area contributed by atoms with E-state index in [1.807, 2.05) is 72.8 Å². The average Bonchev–Trinajstić information content (AvgIpc) is 3.18. The Kier molecular flexibility index (Phi) is 5.09. The smallest absolute Gasteiger partial charge is 0.323 e. The first-order valence-electron chi connectivity index (χ1n) is 10.3. The zero-order valence-electron chi connectivity index (χ0n) is 17.1. The van der Waals surface area contributed by atoms with Gasteiger partial charge in [0.1, 0.15) is 17.7 Å². The van der Waals surface area contributed by atoms with Crippen LogP contribution in [0.25, 0.3) is 27.6 Å². The van der Waals surface area contributed by atoms with E-state index in [2.05, 4.69) is 10.6 Å². The highest BCUT2D eigenvalue weighted by molar-refractivity contribution is 6.05. The zero-order chi connectivity index (χ0) is 22.1. The van der Waals surface area contributed by atoms with Crippen LogP contribution in [-0.2, 0) is 16.1 Å². The van der Waals surface area contributed by atoms with Crippen LogP contribution in [0.2, 0.25) is 0 Å². The van der Waals surface area contributed by atoms with Crippen molar-refractivity contribution in [3.63, 3.8) is 0 Å². The maximum atomic E-state index is 13.1. The Morgan fingerprint density at radius 2 is 1.75 bits per heavy atom. The van der Waals surface area contributed by atoms with E-state index in [9.17, 15) is 14.7 Å². The quantitative estimate of drug-likeness (QED) is 0.436. The van der Waals surface area contributed by atoms with Gasteiger partial charge in [-0.25, -0.2) is 0 Å². The maximum Gasteiger partial charge on any atom is 0.323 e. The van der Waals surface area contributed by atoms with E-state index in [1.54, 1.807) is 6.20 Å². The molecule has 1 unspecified atom stereocenters. The minimum absolute atomic E-state index is 0.344. The number of furan rings is 1. The number of carbonyl (C=O) groups excluding carboxylic acids is 1. The summed E-state index contributed by atoms with van der Waals surface area (Å²) in [6, 6.07) is 23.0. The van der Waals surface area contributed by atoms with Crippen LogP contribution in [0.3, 0.4) is 0 Å². The van der Waals surface area contributed by atoms with E-state index in [4.69, 9.17) is 4.42 Å². The second-order valence-corrected chi connectivity index (χ2v) is 7.62. The molecule has 0 radical (unpaired) electrons. The number of carboxylic acid groups (broad SMARTS) is 1. The van der Waals surface area contributed by atoms with Gasteiger partial charge in [-0.05, 0) is 29.3 Å². The zero-order valence-corrected chi connectivity index (χ0v) is 17.1. The number of fused-ring (bicyclic) bond motifs is 3. The first-order valence-corrected chi connectivity index (χ1v) is 10.3. The molecule has 3 N–H and O–H groups in total. The van der Waals surface area contributed by atoms with Crippen molar-refractivity contribution >= 4 is 39.5 Å². The third-order valence-corrected chi connectivity index (χ3v) is 5.50. The lowest BCUT2D eigenvalue weighted by Crippen LogP contribution is -2.56. The Morgan fingerprint density at radius 1 is 1.00 bits per heavy atom. The summed E-state index contributed by atoms with van der Waals surface area (Å²) in [6.45, 7) is 0.0145. The van der Waals surface area contributed by atoms with Crippen molar-refractivity contribution in [1.29, 1.82) is 0 Å². The first-order chi connectivity index (χ1) is 15.6. The molecule has 1 atom stereocenters. The van der Waals surface area contributed by atoms with E-state index < -0.39 is 18.7 Å². The van der Waals surface area contributed by atoms with Gasteiger partial charge in [0.2, 0.25) is 0 Å². The molecule has 0 bridgehead atoms. The number of nitrogens with one attached hydrogen (secondary N) is 2. The SMILES string of the molecule is O=C(O)CN1C(=O)C(NCc2ccc3oc4ccccc4c3c2)NC=C1c1ccccc1. The van der Waals surface area contributed by atoms with Crippen molar-refractivity contribution in [2.45, 2.75) is 12.7 Å². The number of hydrogen-bond donors (Lipinski definition) is 3. The lowest BCUT2D eigenvalue weighted by atomic mass is 10.1. The highest BCUT2D eigenvalue weighted by atomic mass is 16.4. The highest BCUT2D eigenvalue weighted by Gasteiger charge is 2.32. The molecular formula is C25H21N3O4. The van der Waals surface area contributed by atoms with Gasteiger partial charge >= 0.3 is 5.97 Å². The van der Waals surface area contributed by atoms with Crippen molar-refractivity contribution in [1.82, 2.24) is 15.5 Å². The molecule has 1 amide bonds. The highest BCUT2D eigenvalue weighted by Crippen LogP contribution is 2.29. The summed E-state index contributed by atoms with van der Waals surface area (Å²) in [7, 11) is 0. The minimum Gasteiger partial charge on any atom is -0.480 e. The fourth-order valence-corrected chi connectivity index (χ4v) is 3.98. The summed E-state index contributed by atoms with van der Waals surface area (Å²) >= 11 is 0. The van der Waals surface area contributed by atoms with Crippen LogP contribution in [0.1, 0.15) is 11.1 Å². The lowest BCUT2D eigenvalue weighted by Gasteiger charge is -2.33. The number of rotatable bonds is 6. The second-order valence-electron chi connectivity index (χ2n) is 7.62. The van der Waals surface area contributed by atoms with Crippen molar-refractivity contribution in [2.75, 3.05) is 6.54 Å². The van der Waals surface area contributed by atoms with Crippen molar-refractivity contribution < 1.29 is 19.1 Å². The summed E-state index contributed by atoms with van der Waals surface area (Å²) in [5, 5.41) is 17.7. The molecule has 7 nitrogen and oxygen atoms in total. The third kappa shape index (κ3) is 3.70. The molecule has 0 aliphatic carbocycles. The molecule has 0 saturated heterocycles. The summed E-state index contributed by atoms with van der Waals surface area (Å²) in [5.74, 6) is -1.42. The van der Waals surface area contributed by atoms with Crippen LogP contribution < -0.4 is 10.6 Å². The molecule has 3 aromatic carbocycles. The van der Waals surface area contributed by atoms with Gasteiger partial charge in [-0.15, -0.1) is 0 Å². The van der Waals surface area contributed by atoms with Crippen LogP contribution >= 0.6 is 0 Å². The molecule has 1 aliphatic rings. The molecule has 0 spiro atoms. The molecule has 2 heterocycles. The van der Waals surface area contributed by atoms with Gasteiger partial charge in [0, 0.05) is 23.5 Å². The number of aliphatic carboxylic acids is 1. The van der Waals surface area contributed by atoms with Gasteiger partial charge < -0.3 is 14.8 Å². The summed E-state index contributed by atoms with van der Waals surface area (Å²) in [5.41, 5.74) is 3.93. The molecule has 160 valence electrons. The molecule has 32 heavy (non-hydrogen) atoms. The Bertz CT molecular complexity index is 1340. The molecule has 5 rings (SSSR count). The van der Waals surface area contributed by atoms with E-state index in [1.165, 1.54) is 4.90 Å². The monoisotopic (exact) mass is 427 g/mol. The van der Waals surface area contributed by atoms with Crippen molar-refractivity contribution in [3.05, 3.63) is 90.1 Å². The lowest BCUT2D eigenvalue weighted by molar-refractivity contribution is -0.143. The van der Waals surface area contributed by atoms with Crippen molar-refractivity contribution in [2.24, 2.45) is 0 Å². The number of hydrogen-bond acceptors (Lipinski definition) is 5. The topological polar surface area (TPSA) is 94.8 Å². The van der Waals surface area contributed by atoms with Gasteiger partial charge in [-0.3, -0.25) is 19.8 Å². The van der Waals surface area contributed by atoms with Crippen LogP contribution in [-0.4, -0.2) is 34.6 Å². The van der Waals surface area contributed by atoms with Gasteiger partial charge in [-0.2, -0.15) is 0 Å². The minimum atomic E-state index is -1.07. The standard InChI is InChI=1S/C25H21N3O4/c29-23(30)15-28-20(17-6-2-1-3-7-17)14-27-24(25(28)31)26-13-16-10-11-22-19(12-16)18-8-4-5-9-21(18)32-22/h1-12,14,24,26-27H,13,15H2,(H,29,30). The molecule has 0 fully saturated rings. The fraction of sp³-hybridized carbons (Fsp3) is 0.120. The number of carbonyl (C=O) groups is 2. The first kappa shape index (κ1) is 19.8. The molecule has 1 aromatic heterocycles. The van der Waals surface area contributed by atoms with Crippen molar-refractivity contribution in [3.8, 4) is 0 Å². The van der Waals surface area contributed by atoms with Gasteiger partial charge in [0.25, 0.3) is 5.91 Å². The number of carboxylic acids is 1. The summed E-state index contributed by atoms with van der Waals surface area (Å²) in [6.07, 6.45) is 0.947. The molecule has 0 saturated carbocycles. The molecule has 4 aromatic rings. The van der Waals surface area contributed by atoms with E-state index in [0.717, 1.165) is 33.1 Å². The second kappa shape index (κ2) is 8.20. The Hall–Kier alpha value is -4.10. The Labute approximate surface area is 183 Å². The van der Waals surface area contributed by atoms with Crippen LogP contribution in [0.15, 0.2) is 83.4 Å². The third-order valence-electron chi connectivity index (χ3n) is 5.50. The Morgan fingerprint density at radius 3 is 2.56 bits per heavy atom. The van der Waals surface area contributed by atoms with E-state index in [0.29, 0.717) is 12.2 Å². The Balaban J connectivity index is 1.37. The summed E-state index contributed by atoms with van der Waals surface area (Å²) < 4.78 is 5.87. The van der Waals surface area contributed by atoms with E-state index in [-0.39, 0.29) is 5.91 Å². The number of benzene rings is 3. The van der Waals surface area contributed by atoms with Crippen LogP contribution in [0.4, 0.5) is 0 Å². The number of amides is 1. The maximum absolute atomic E-state index is 13.1. The molecule has 7 heteroatoms. The van der Waals surface area contributed by atoms with Gasteiger partial charge in [0.15, 0.2) is 6.17 Å². The number of para-hydroxylation sites is 1. The normalized spacial score (nSPS) is 16.2.